The second kappa shape index (κ2) is 11.6. The monoisotopic (exact) mass is 332 g/mol. The Hall–Kier alpha value is -1.94. The van der Waals surface area contributed by atoms with E-state index in [-0.39, 0.29) is 12.2 Å². The number of aliphatic hydroxyl groups excluding tert-OH is 1. The molecule has 2 N–H and O–H groups in total. The highest BCUT2D eigenvalue weighted by Crippen LogP contribution is 2.27. The first kappa shape index (κ1) is 20.1. The molecule has 0 radical (unpaired) electrons. The van der Waals surface area contributed by atoms with Crippen molar-refractivity contribution in [3.8, 4) is 0 Å². The van der Waals surface area contributed by atoms with Gasteiger partial charge in [-0.05, 0) is 44.1 Å². The Morgan fingerprint density at radius 1 is 1.21 bits per heavy atom. The van der Waals surface area contributed by atoms with Gasteiger partial charge in [-0.1, -0.05) is 43.4 Å². The van der Waals surface area contributed by atoms with Crippen LogP contribution in [0.25, 0.3) is 0 Å². The fourth-order valence-electron chi connectivity index (χ4n) is 2.56. The topological polar surface area (TPSA) is 74.6 Å². The molecule has 4 heteroatoms. The van der Waals surface area contributed by atoms with Crippen LogP contribution in [0, 0.1) is 0 Å². The number of aliphatic hydroxyl groups is 1. The quantitative estimate of drug-likeness (QED) is 0.441. The first-order chi connectivity index (χ1) is 11.5. The number of allylic oxidation sites excluding steroid dienone is 6. The van der Waals surface area contributed by atoms with Gasteiger partial charge in [0.15, 0.2) is 5.78 Å². The lowest BCUT2D eigenvalue weighted by Crippen LogP contribution is -2.00. The summed E-state index contributed by atoms with van der Waals surface area (Å²) in [4.78, 5) is 22.4. The molecule has 1 aliphatic carbocycles. The molecule has 0 aromatic carbocycles. The Bertz CT molecular complexity index is 538. The number of unbranched alkanes of at least 4 members (excludes halogenated alkanes) is 1. The summed E-state index contributed by atoms with van der Waals surface area (Å²) in [5.74, 6) is -0.609. The molecule has 0 amide bonds. The normalized spacial score (nSPS) is 17.0. The molecular formula is C20H28O4. The summed E-state index contributed by atoms with van der Waals surface area (Å²) in [7, 11) is 0. The number of Topliss-reactive ketones (excluding diaryl/α,β-unsaturated/α-hetero) is 1. The highest BCUT2D eigenvalue weighted by molar-refractivity contribution is 5.99. The zero-order valence-electron chi connectivity index (χ0n) is 14.4. The van der Waals surface area contributed by atoms with Crippen LogP contribution in [0.15, 0.2) is 47.6 Å². The van der Waals surface area contributed by atoms with Crippen molar-refractivity contribution in [1.82, 2.24) is 0 Å². The minimum Gasteiger partial charge on any atom is -0.481 e. The molecule has 0 spiro atoms. The summed E-state index contributed by atoms with van der Waals surface area (Å²) in [6, 6.07) is 0. The van der Waals surface area contributed by atoms with Gasteiger partial charge in [0.05, 0.1) is 6.10 Å². The van der Waals surface area contributed by atoms with Gasteiger partial charge in [-0.3, -0.25) is 9.59 Å². The highest BCUT2D eigenvalue weighted by Gasteiger charge is 2.20. The molecule has 0 aromatic rings. The molecule has 0 aromatic heterocycles. The van der Waals surface area contributed by atoms with Gasteiger partial charge in [-0.25, -0.2) is 0 Å². The SMILES string of the molecule is CC/C=C\C[C@@H](O)/C=C/C1=C(C/C=C\CCCC(=O)O)C(=O)CC1. The maximum Gasteiger partial charge on any atom is 0.303 e. The molecule has 0 bridgehead atoms. The minimum absolute atomic E-state index is 0.171. The smallest absolute Gasteiger partial charge is 0.303 e. The highest BCUT2D eigenvalue weighted by atomic mass is 16.4. The number of carboxylic acids is 1. The van der Waals surface area contributed by atoms with E-state index in [1.54, 1.807) is 6.08 Å². The number of hydrogen-bond donors (Lipinski definition) is 2. The molecule has 1 rings (SSSR count). The van der Waals surface area contributed by atoms with E-state index in [0.717, 1.165) is 24.0 Å². The minimum atomic E-state index is -0.781. The van der Waals surface area contributed by atoms with Gasteiger partial charge in [0.2, 0.25) is 0 Å². The molecule has 24 heavy (non-hydrogen) atoms. The zero-order chi connectivity index (χ0) is 17.8. The predicted octanol–water partition coefficient (Wildman–Crippen LogP) is 4.12. The molecule has 0 saturated carbocycles. The van der Waals surface area contributed by atoms with E-state index in [9.17, 15) is 14.7 Å². The molecular weight excluding hydrogens is 304 g/mol. The maximum atomic E-state index is 12.0. The van der Waals surface area contributed by atoms with E-state index < -0.39 is 12.1 Å². The Kier molecular flexibility index (Phi) is 9.70. The fourth-order valence-corrected chi connectivity index (χ4v) is 2.56. The third kappa shape index (κ3) is 8.06. The second-order valence-corrected chi connectivity index (χ2v) is 5.93. The summed E-state index contributed by atoms with van der Waals surface area (Å²) in [5.41, 5.74) is 1.82. The van der Waals surface area contributed by atoms with Crippen molar-refractivity contribution < 1.29 is 19.8 Å². The van der Waals surface area contributed by atoms with Crippen LogP contribution in [-0.2, 0) is 9.59 Å². The molecule has 0 saturated heterocycles. The number of ketones is 1. The van der Waals surface area contributed by atoms with Crippen LogP contribution in [0.3, 0.4) is 0 Å². The molecule has 0 heterocycles. The molecule has 1 aliphatic rings. The lowest BCUT2D eigenvalue weighted by molar-refractivity contribution is -0.137. The van der Waals surface area contributed by atoms with E-state index in [1.165, 1.54) is 0 Å². The van der Waals surface area contributed by atoms with Gasteiger partial charge in [-0.15, -0.1) is 0 Å². The van der Waals surface area contributed by atoms with Gasteiger partial charge in [0, 0.05) is 18.4 Å². The number of carbonyl (C=O) groups excluding carboxylic acids is 1. The van der Waals surface area contributed by atoms with Gasteiger partial charge in [0.1, 0.15) is 0 Å². The Balaban J connectivity index is 2.53. The summed E-state index contributed by atoms with van der Waals surface area (Å²) in [6.07, 6.45) is 15.9. The number of carbonyl (C=O) groups is 2. The van der Waals surface area contributed by atoms with Gasteiger partial charge < -0.3 is 10.2 Å². The van der Waals surface area contributed by atoms with Crippen molar-refractivity contribution in [3.63, 3.8) is 0 Å². The van der Waals surface area contributed by atoms with E-state index in [2.05, 4.69) is 6.92 Å². The molecule has 1 atom stereocenters. The zero-order valence-corrected chi connectivity index (χ0v) is 14.4. The molecule has 0 fully saturated rings. The van der Waals surface area contributed by atoms with Crippen molar-refractivity contribution in [1.29, 1.82) is 0 Å². The van der Waals surface area contributed by atoms with E-state index in [1.807, 2.05) is 30.4 Å². The Labute approximate surface area is 144 Å². The first-order valence-electron chi connectivity index (χ1n) is 8.67. The van der Waals surface area contributed by atoms with Crippen LogP contribution in [0.2, 0.25) is 0 Å². The van der Waals surface area contributed by atoms with Gasteiger partial charge >= 0.3 is 5.97 Å². The van der Waals surface area contributed by atoms with Crippen molar-refractivity contribution >= 4 is 11.8 Å². The van der Waals surface area contributed by atoms with E-state index in [4.69, 9.17) is 5.11 Å². The van der Waals surface area contributed by atoms with Gasteiger partial charge in [0.25, 0.3) is 0 Å². The number of hydrogen-bond acceptors (Lipinski definition) is 3. The lowest BCUT2D eigenvalue weighted by atomic mass is 10.1. The third-order valence-corrected chi connectivity index (χ3v) is 3.90. The summed E-state index contributed by atoms with van der Waals surface area (Å²) < 4.78 is 0. The third-order valence-electron chi connectivity index (χ3n) is 3.90. The Morgan fingerprint density at radius 3 is 2.71 bits per heavy atom. The lowest BCUT2D eigenvalue weighted by Gasteiger charge is -2.02. The molecule has 4 nitrogen and oxygen atoms in total. The van der Waals surface area contributed by atoms with Crippen LogP contribution in [0.5, 0.6) is 0 Å². The van der Waals surface area contributed by atoms with Crippen molar-refractivity contribution in [2.45, 2.75) is 64.4 Å². The van der Waals surface area contributed by atoms with Crippen LogP contribution in [-0.4, -0.2) is 28.1 Å². The average molecular weight is 332 g/mol. The summed E-state index contributed by atoms with van der Waals surface area (Å²) in [5, 5.41) is 18.5. The molecule has 0 aliphatic heterocycles. The largest absolute Gasteiger partial charge is 0.481 e. The number of aliphatic carboxylic acids is 1. The molecule has 132 valence electrons. The first-order valence-corrected chi connectivity index (χ1v) is 8.67. The molecule has 0 unspecified atom stereocenters. The van der Waals surface area contributed by atoms with E-state index >= 15 is 0 Å². The maximum absolute atomic E-state index is 12.0. The predicted molar refractivity (Wildman–Crippen MR) is 95.7 cm³/mol. The average Bonchev–Trinajstić information content (AvgIpc) is 2.89. The van der Waals surface area contributed by atoms with Crippen molar-refractivity contribution in [2.75, 3.05) is 0 Å². The van der Waals surface area contributed by atoms with Crippen LogP contribution < -0.4 is 0 Å². The van der Waals surface area contributed by atoms with Crippen LogP contribution >= 0.6 is 0 Å². The van der Waals surface area contributed by atoms with Crippen molar-refractivity contribution in [2.24, 2.45) is 0 Å². The standard InChI is InChI=1S/C20H28O4/c1-2-3-6-9-17(21)14-12-16-13-15-19(22)18(16)10-7-4-5-8-11-20(23)24/h3-4,6-7,12,14,17,21H,2,5,8-11,13,15H2,1H3,(H,23,24)/b6-3-,7-4-,14-12+/t17-/m1/s1. The van der Waals surface area contributed by atoms with Crippen LogP contribution in [0.4, 0.5) is 0 Å². The number of carboxylic acid groups (broad SMARTS) is 1. The summed E-state index contributed by atoms with van der Waals surface area (Å²) >= 11 is 0. The second-order valence-electron chi connectivity index (χ2n) is 5.93. The van der Waals surface area contributed by atoms with E-state index in [0.29, 0.717) is 32.1 Å². The van der Waals surface area contributed by atoms with Crippen molar-refractivity contribution in [3.05, 3.63) is 47.6 Å². The van der Waals surface area contributed by atoms with Gasteiger partial charge in [-0.2, -0.15) is 0 Å². The van der Waals surface area contributed by atoms with Crippen LogP contribution in [0.1, 0.15) is 58.3 Å². The Morgan fingerprint density at radius 2 is 2.00 bits per heavy atom. The fraction of sp³-hybridized carbons (Fsp3) is 0.500. The number of rotatable bonds is 11. The summed E-state index contributed by atoms with van der Waals surface area (Å²) in [6.45, 7) is 2.05.